The summed E-state index contributed by atoms with van der Waals surface area (Å²) in [5, 5.41) is 0. The van der Waals surface area contributed by atoms with Crippen LogP contribution in [0.2, 0.25) is 0 Å². The Morgan fingerprint density at radius 3 is 1.20 bits per heavy atom. The molecule has 0 saturated carbocycles. The molecule has 416 valence electrons. The number of phosphoric ester groups is 1. The van der Waals surface area contributed by atoms with Crippen LogP contribution >= 0.6 is 7.82 Å². The Balaban J connectivity index is 4.09. The van der Waals surface area contributed by atoms with Gasteiger partial charge in [0.05, 0.1) is 27.7 Å². The molecule has 0 heterocycles. The van der Waals surface area contributed by atoms with Crippen molar-refractivity contribution < 1.29 is 42.1 Å². The predicted molar refractivity (Wildman–Crippen MR) is 300 cm³/mol. The highest BCUT2D eigenvalue weighted by atomic mass is 31.2. The number of phosphoric acid groups is 1. The highest BCUT2D eigenvalue weighted by Crippen LogP contribution is 2.38. The highest BCUT2D eigenvalue weighted by molar-refractivity contribution is 7.45. The number of allylic oxidation sites excluding steroid dienone is 8. The molecular weight excluding hydrogens is 906 g/mol. The van der Waals surface area contributed by atoms with E-state index in [4.69, 9.17) is 18.5 Å². The van der Waals surface area contributed by atoms with Crippen LogP contribution in [0.15, 0.2) is 48.6 Å². The fraction of sp³-hybridized carbons (Fsp3) is 0.836. The summed E-state index contributed by atoms with van der Waals surface area (Å²) in [5.74, 6) is -0.839. The zero-order valence-corrected chi connectivity index (χ0v) is 48.1. The second kappa shape index (κ2) is 52.8. The SMILES string of the molecule is CC/C=C\C/C=C\C/C=C\C/C=C\CCCCCCCCC(=O)OC(COC(=O)CCCCCCCCCCCCCCCCCCCCCCCCCCCCCC)COP(=O)([O-])OCC[N+](C)(C)C. The molecule has 0 rings (SSSR count). The summed E-state index contributed by atoms with van der Waals surface area (Å²) in [6, 6.07) is 0. The average Bonchev–Trinajstić information content (AvgIpc) is 3.33. The first-order valence-corrected chi connectivity index (χ1v) is 31.3. The number of rotatable bonds is 55. The monoisotopic (exact) mass is 1020 g/mol. The number of carbonyl (C=O) groups excluding carboxylic acids is 2. The summed E-state index contributed by atoms with van der Waals surface area (Å²) in [6.07, 6.45) is 66.0. The maximum Gasteiger partial charge on any atom is 0.306 e. The average molecular weight is 1020 g/mol. The molecule has 0 aromatic carbocycles. The minimum Gasteiger partial charge on any atom is -0.756 e. The quantitative estimate of drug-likeness (QED) is 0.0195. The fourth-order valence-electron chi connectivity index (χ4n) is 8.53. The van der Waals surface area contributed by atoms with Gasteiger partial charge in [-0.15, -0.1) is 0 Å². The third-order valence-electron chi connectivity index (χ3n) is 13.1. The minimum atomic E-state index is -4.64. The topological polar surface area (TPSA) is 111 Å². The molecule has 0 saturated heterocycles. The molecule has 0 radical (unpaired) electrons. The largest absolute Gasteiger partial charge is 0.756 e. The summed E-state index contributed by atoms with van der Waals surface area (Å²) in [6.45, 7) is 4.15. The first kappa shape index (κ1) is 69.0. The molecule has 0 spiro atoms. The van der Waals surface area contributed by atoms with Gasteiger partial charge in [-0.3, -0.25) is 14.2 Å². The van der Waals surface area contributed by atoms with Gasteiger partial charge < -0.3 is 27.9 Å². The number of unbranched alkanes of at least 4 members (excludes halogenated alkanes) is 33. The van der Waals surface area contributed by atoms with Crippen LogP contribution in [-0.2, 0) is 32.7 Å². The van der Waals surface area contributed by atoms with Crippen LogP contribution in [0.1, 0.15) is 277 Å². The Bertz CT molecular complexity index is 1340. The van der Waals surface area contributed by atoms with Crippen LogP contribution in [0.5, 0.6) is 0 Å². The number of ether oxygens (including phenoxy) is 2. The van der Waals surface area contributed by atoms with Crippen molar-refractivity contribution in [3.8, 4) is 0 Å². The van der Waals surface area contributed by atoms with Gasteiger partial charge in [0.15, 0.2) is 6.10 Å². The predicted octanol–water partition coefficient (Wildman–Crippen LogP) is 17.9. The van der Waals surface area contributed by atoms with Crippen molar-refractivity contribution in [2.75, 3.05) is 47.5 Å². The standard InChI is InChI=1S/C61H114NO8P/c1-6-8-10-12-14-16-18-20-22-24-26-27-28-29-30-31-32-33-34-36-37-39-41-43-45-47-49-51-53-60(63)67-57-59(58-69-71(65,66)68-56-55-62(3,4)5)70-61(64)54-52-50-48-46-44-42-40-38-35-25-23-21-19-17-15-13-11-9-7-2/h9,11,15,17,21,23,35,38,59H,6-8,10,12-14,16,18-20,22,24-34,36-37,39-58H2,1-5H3/b11-9-,17-15-,23-21-,38-35-. The molecule has 2 atom stereocenters. The van der Waals surface area contributed by atoms with Crippen molar-refractivity contribution in [3.05, 3.63) is 48.6 Å². The van der Waals surface area contributed by atoms with Crippen LogP contribution in [0.4, 0.5) is 0 Å². The minimum absolute atomic E-state index is 0.0339. The second-order valence-corrected chi connectivity index (χ2v) is 22.8. The Morgan fingerprint density at radius 2 is 0.803 bits per heavy atom. The van der Waals surface area contributed by atoms with E-state index in [9.17, 15) is 19.0 Å². The Morgan fingerprint density at radius 1 is 0.451 bits per heavy atom. The van der Waals surface area contributed by atoms with Crippen LogP contribution < -0.4 is 4.89 Å². The lowest BCUT2D eigenvalue weighted by Crippen LogP contribution is -2.37. The van der Waals surface area contributed by atoms with Crippen molar-refractivity contribution >= 4 is 19.8 Å². The summed E-state index contributed by atoms with van der Waals surface area (Å²) >= 11 is 0. The van der Waals surface area contributed by atoms with Gasteiger partial charge >= 0.3 is 11.9 Å². The third-order valence-corrected chi connectivity index (χ3v) is 14.1. The highest BCUT2D eigenvalue weighted by Gasteiger charge is 2.22. The zero-order valence-electron chi connectivity index (χ0n) is 47.2. The summed E-state index contributed by atoms with van der Waals surface area (Å²) in [4.78, 5) is 37.9. The van der Waals surface area contributed by atoms with E-state index < -0.39 is 26.5 Å². The molecule has 71 heavy (non-hydrogen) atoms. The number of hydrogen-bond donors (Lipinski definition) is 0. The van der Waals surface area contributed by atoms with E-state index in [0.717, 1.165) is 83.5 Å². The van der Waals surface area contributed by atoms with Gasteiger partial charge in [0.2, 0.25) is 0 Å². The maximum absolute atomic E-state index is 12.8. The molecule has 0 bridgehead atoms. The van der Waals surface area contributed by atoms with Gasteiger partial charge in [0.25, 0.3) is 7.82 Å². The van der Waals surface area contributed by atoms with Crippen molar-refractivity contribution in [3.63, 3.8) is 0 Å². The van der Waals surface area contributed by atoms with E-state index in [-0.39, 0.29) is 32.0 Å². The lowest BCUT2D eigenvalue weighted by Gasteiger charge is -2.28. The van der Waals surface area contributed by atoms with Gasteiger partial charge in [0, 0.05) is 12.8 Å². The van der Waals surface area contributed by atoms with Crippen LogP contribution in [-0.4, -0.2) is 70.0 Å². The van der Waals surface area contributed by atoms with Crippen molar-refractivity contribution in [2.24, 2.45) is 0 Å². The molecule has 0 aliphatic rings. The molecule has 0 aliphatic heterocycles. The lowest BCUT2D eigenvalue weighted by atomic mass is 10.0. The number of esters is 2. The maximum atomic E-state index is 12.8. The summed E-state index contributed by atoms with van der Waals surface area (Å²) in [7, 11) is 1.16. The Labute approximate surface area is 439 Å². The molecule has 0 amide bonds. The van der Waals surface area contributed by atoms with Crippen molar-refractivity contribution in [1.82, 2.24) is 0 Å². The van der Waals surface area contributed by atoms with Crippen LogP contribution in [0.25, 0.3) is 0 Å². The van der Waals surface area contributed by atoms with E-state index in [1.165, 1.54) is 161 Å². The van der Waals surface area contributed by atoms with Gasteiger partial charge in [-0.25, -0.2) is 0 Å². The van der Waals surface area contributed by atoms with Gasteiger partial charge in [-0.05, 0) is 51.4 Å². The second-order valence-electron chi connectivity index (χ2n) is 21.3. The van der Waals surface area contributed by atoms with E-state index in [2.05, 4.69) is 62.5 Å². The smallest absolute Gasteiger partial charge is 0.306 e. The number of carbonyl (C=O) groups is 2. The first-order valence-electron chi connectivity index (χ1n) is 29.8. The zero-order chi connectivity index (χ0) is 52.0. The van der Waals surface area contributed by atoms with Crippen molar-refractivity contribution in [1.29, 1.82) is 0 Å². The molecule has 0 N–H and O–H groups in total. The fourth-order valence-corrected chi connectivity index (χ4v) is 9.26. The molecule has 0 aromatic heterocycles. The van der Waals surface area contributed by atoms with Crippen LogP contribution in [0.3, 0.4) is 0 Å². The van der Waals surface area contributed by atoms with Gasteiger partial charge in [-0.2, -0.15) is 0 Å². The molecule has 9 nitrogen and oxygen atoms in total. The lowest BCUT2D eigenvalue weighted by molar-refractivity contribution is -0.870. The summed E-state index contributed by atoms with van der Waals surface area (Å²) < 4.78 is 34.2. The first-order chi connectivity index (χ1) is 34.5. The molecule has 0 aliphatic carbocycles. The molecule has 0 aromatic rings. The number of quaternary nitrogens is 1. The van der Waals surface area contributed by atoms with Crippen LogP contribution in [0, 0.1) is 0 Å². The molecule has 10 heteroatoms. The summed E-state index contributed by atoms with van der Waals surface area (Å²) in [5.41, 5.74) is 0. The molecule has 2 unspecified atom stereocenters. The number of hydrogen-bond acceptors (Lipinski definition) is 8. The van der Waals surface area contributed by atoms with E-state index in [0.29, 0.717) is 17.4 Å². The van der Waals surface area contributed by atoms with Gasteiger partial charge in [0.1, 0.15) is 19.8 Å². The Kier molecular flexibility index (Phi) is 51.3. The van der Waals surface area contributed by atoms with E-state index >= 15 is 0 Å². The van der Waals surface area contributed by atoms with Gasteiger partial charge in [-0.1, -0.05) is 262 Å². The molecule has 0 fully saturated rings. The van der Waals surface area contributed by atoms with E-state index in [1.807, 2.05) is 21.1 Å². The third kappa shape index (κ3) is 57.1. The van der Waals surface area contributed by atoms with E-state index in [1.54, 1.807) is 0 Å². The molecular formula is C61H114NO8P. The normalized spacial score (nSPS) is 13.6. The number of likely N-dealkylation sites (N-methyl/N-ethyl adjacent to an activating group) is 1. The number of nitrogens with zero attached hydrogens (tertiary/aromatic N) is 1. The Hall–Kier alpha value is -2.03. The van der Waals surface area contributed by atoms with Crippen molar-refractivity contribution in [2.45, 2.75) is 283 Å².